The summed E-state index contributed by atoms with van der Waals surface area (Å²) >= 11 is 0. The summed E-state index contributed by atoms with van der Waals surface area (Å²) in [5.74, 6) is 0.137. The number of carbonyl (C=O) groups excluding carboxylic acids is 2. The maximum atomic E-state index is 12.6. The summed E-state index contributed by atoms with van der Waals surface area (Å²) in [5, 5.41) is 0. The molecule has 1 aromatic heterocycles. The van der Waals surface area contributed by atoms with E-state index in [1.54, 1.807) is 13.0 Å². The van der Waals surface area contributed by atoms with Crippen LogP contribution in [0.1, 0.15) is 68.4 Å². The monoisotopic (exact) mass is 371 g/mol. The minimum Gasteiger partial charge on any atom is -0.346 e. The summed E-state index contributed by atoms with van der Waals surface area (Å²) in [6, 6.07) is 2.81. The third kappa shape index (κ3) is 4.63. The fourth-order valence-corrected chi connectivity index (χ4v) is 4.59. The Balaban J connectivity index is 1.67. The highest BCUT2D eigenvalue weighted by atomic mass is 16.2. The van der Waals surface area contributed by atoms with E-state index >= 15 is 0 Å². The molecule has 0 unspecified atom stereocenters. The zero-order valence-electron chi connectivity index (χ0n) is 17.0. The van der Waals surface area contributed by atoms with Gasteiger partial charge in [0.2, 0.25) is 11.8 Å². The predicted octanol–water partition coefficient (Wildman–Crippen LogP) is 3.70. The molecular weight excluding hydrogens is 338 g/mol. The van der Waals surface area contributed by atoms with Crippen LogP contribution in [0.15, 0.2) is 12.1 Å². The summed E-state index contributed by atoms with van der Waals surface area (Å²) in [6.07, 6.45) is 11.0. The molecule has 148 valence electrons. The van der Waals surface area contributed by atoms with E-state index in [1.165, 1.54) is 43.5 Å². The molecule has 2 amide bonds. The quantitative estimate of drug-likeness (QED) is 0.761. The topological polar surface area (TPSA) is 45.6 Å². The molecule has 1 saturated carbocycles. The van der Waals surface area contributed by atoms with Crippen molar-refractivity contribution >= 4 is 17.9 Å². The number of carbonyl (C=O) groups is 2. The molecule has 3 rings (SSSR count). The van der Waals surface area contributed by atoms with E-state index in [0.717, 1.165) is 18.5 Å². The largest absolute Gasteiger partial charge is 0.346 e. The van der Waals surface area contributed by atoms with E-state index in [-0.39, 0.29) is 11.8 Å². The van der Waals surface area contributed by atoms with E-state index in [9.17, 15) is 9.59 Å². The van der Waals surface area contributed by atoms with Crippen molar-refractivity contribution in [2.75, 3.05) is 26.2 Å². The first kappa shape index (κ1) is 19.7. The van der Waals surface area contributed by atoms with Gasteiger partial charge < -0.3 is 14.4 Å². The normalized spacial score (nSPS) is 19.5. The number of hydrogen-bond donors (Lipinski definition) is 0. The van der Waals surface area contributed by atoms with Crippen LogP contribution in [0.25, 0.3) is 6.08 Å². The van der Waals surface area contributed by atoms with Gasteiger partial charge in [0.1, 0.15) is 0 Å². The molecule has 0 bridgehead atoms. The molecule has 1 aliphatic heterocycles. The van der Waals surface area contributed by atoms with Gasteiger partial charge in [-0.3, -0.25) is 9.59 Å². The lowest BCUT2D eigenvalue weighted by molar-refractivity contribution is -0.130. The van der Waals surface area contributed by atoms with Crippen LogP contribution < -0.4 is 0 Å². The van der Waals surface area contributed by atoms with Crippen molar-refractivity contribution in [3.63, 3.8) is 0 Å². The third-order valence-electron chi connectivity index (χ3n) is 6.12. The summed E-state index contributed by atoms with van der Waals surface area (Å²) in [5.41, 5.74) is 3.70. The lowest BCUT2D eigenvalue weighted by atomic mass is 9.95. The molecule has 0 N–H and O–H groups in total. The Labute approximate surface area is 163 Å². The molecule has 2 fully saturated rings. The van der Waals surface area contributed by atoms with E-state index in [2.05, 4.69) is 24.5 Å². The Bertz CT molecular complexity index is 713. The van der Waals surface area contributed by atoms with Crippen molar-refractivity contribution < 1.29 is 9.59 Å². The second-order valence-electron chi connectivity index (χ2n) is 8.01. The van der Waals surface area contributed by atoms with Gasteiger partial charge in [-0.2, -0.15) is 0 Å². The third-order valence-corrected chi connectivity index (χ3v) is 6.12. The molecule has 2 heterocycles. The van der Waals surface area contributed by atoms with Crippen LogP contribution >= 0.6 is 0 Å². The van der Waals surface area contributed by atoms with Gasteiger partial charge in [-0.15, -0.1) is 0 Å². The Morgan fingerprint density at radius 1 is 0.963 bits per heavy atom. The highest BCUT2D eigenvalue weighted by Gasteiger charge is 2.21. The minimum absolute atomic E-state index is 0.0443. The average molecular weight is 372 g/mol. The van der Waals surface area contributed by atoms with E-state index in [1.807, 2.05) is 15.9 Å². The van der Waals surface area contributed by atoms with Crippen molar-refractivity contribution in [1.82, 2.24) is 14.4 Å². The number of amides is 2. The maximum absolute atomic E-state index is 12.6. The van der Waals surface area contributed by atoms with Crippen LogP contribution in [0.2, 0.25) is 0 Å². The zero-order chi connectivity index (χ0) is 19.4. The van der Waals surface area contributed by atoms with Crippen molar-refractivity contribution in [1.29, 1.82) is 0 Å². The van der Waals surface area contributed by atoms with Gasteiger partial charge in [0.05, 0.1) is 0 Å². The van der Waals surface area contributed by atoms with Gasteiger partial charge in [-0.05, 0) is 50.8 Å². The molecule has 5 nitrogen and oxygen atoms in total. The molecule has 1 saturated heterocycles. The Morgan fingerprint density at radius 2 is 1.63 bits per heavy atom. The van der Waals surface area contributed by atoms with E-state index in [0.29, 0.717) is 25.7 Å². The second-order valence-corrected chi connectivity index (χ2v) is 8.01. The Hall–Kier alpha value is -2.04. The molecule has 5 heteroatoms. The lowest BCUT2D eigenvalue weighted by Gasteiger charge is -2.26. The molecular formula is C22H33N3O2. The number of rotatable bonds is 3. The maximum Gasteiger partial charge on any atom is 0.246 e. The molecule has 1 aliphatic carbocycles. The van der Waals surface area contributed by atoms with Crippen LogP contribution in [-0.2, 0) is 9.59 Å². The highest BCUT2D eigenvalue weighted by molar-refractivity contribution is 5.92. The van der Waals surface area contributed by atoms with E-state index in [4.69, 9.17) is 0 Å². The van der Waals surface area contributed by atoms with Crippen LogP contribution in [-0.4, -0.2) is 52.4 Å². The first-order valence-corrected chi connectivity index (χ1v) is 10.4. The van der Waals surface area contributed by atoms with Crippen molar-refractivity contribution in [2.45, 2.75) is 65.3 Å². The number of aryl methyl sites for hydroxylation is 1. The smallest absolute Gasteiger partial charge is 0.246 e. The molecule has 0 aromatic carbocycles. The minimum atomic E-state index is 0.0443. The zero-order valence-corrected chi connectivity index (χ0v) is 17.0. The molecule has 1 aromatic rings. The standard InChI is InChI=1S/C22H33N3O2/c1-17-16-20(18(2)25(17)21-8-5-4-6-9-21)10-11-22(27)24-13-7-12-23(14-15-24)19(3)26/h10-11,16,21H,4-9,12-15H2,1-3H3/b11-10+. The fourth-order valence-electron chi connectivity index (χ4n) is 4.59. The summed E-state index contributed by atoms with van der Waals surface area (Å²) in [6.45, 7) is 8.64. The van der Waals surface area contributed by atoms with E-state index < -0.39 is 0 Å². The van der Waals surface area contributed by atoms with Crippen LogP contribution in [0.4, 0.5) is 0 Å². The molecule has 0 radical (unpaired) electrons. The highest BCUT2D eigenvalue weighted by Crippen LogP contribution is 2.32. The van der Waals surface area contributed by atoms with Crippen LogP contribution in [0, 0.1) is 13.8 Å². The van der Waals surface area contributed by atoms with Gasteiger partial charge in [0.15, 0.2) is 0 Å². The van der Waals surface area contributed by atoms with Gasteiger partial charge >= 0.3 is 0 Å². The van der Waals surface area contributed by atoms with Gasteiger partial charge in [0, 0.05) is 56.6 Å². The number of aromatic nitrogens is 1. The lowest BCUT2D eigenvalue weighted by Crippen LogP contribution is -2.35. The van der Waals surface area contributed by atoms with Crippen LogP contribution in [0.3, 0.4) is 0 Å². The second kappa shape index (κ2) is 8.77. The van der Waals surface area contributed by atoms with Crippen molar-refractivity contribution in [3.8, 4) is 0 Å². The first-order valence-electron chi connectivity index (χ1n) is 10.4. The molecule has 27 heavy (non-hydrogen) atoms. The number of nitrogens with zero attached hydrogens (tertiary/aromatic N) is 3. The summed E-state index contributed by atoms with van der Waals surface area (Å²) in [7, 11) is 0. The van der Waals surface area contributed by atoms with Gasteiger partial charge in [-0.1, -0.05) is 19.3 Å². The van der Waals surface area contributed by atoms with Gasteiger partial charge in [-0.25, -0.2) is 0 Å². The Kier molecular flexibility index (Phi) is 6.40. The molecule has 0 atom stereocenters. The first-order chi connectivity index (χ1) is 13.0. The number of hydrogen-bond acceptors (Lipinski definition) is 2. The Morgan fingerprint density at radius 3 is 2.33 bits per heavy atom. The van der Waals surface area contributed by atoms with Gasteiger partial charge in [0.25, 0.3) is 0 Å². The summed E-state index contributed by atoms with van der Waals surface area (Å²) < 4.78 is 2.47. The average Bonchev–Trinajstić information content (AvgIpc) is 2.82. The fraction of sp³-hybridized carbons (Fsp3) is 0.636. The summed E-state index contributed by atoms with van der Waals surface area (Å²) in [4.78, 5) is 27.9. The SMILES string of the molecule is CC(=O)N1CCCN(C(=O)/C=C/c2cc(C)n(C3CCCCC3)c2C)CC1. The van der Waals surface area contributed by atoms with Crippen molar-refractivity contribution in [2.24, 2.45) is 0 Å². The van der Waals surface area contributed by atoms with Crippen LogP contribution in [0.5, 0.6) is 0 Å². The predicted molar refractivity (Wildman–Crippen MR) is 109 cm³/mol. The molecule has 0 spiro atoms. The molecule has 2 aliphatic rings. The van der Waals surface area contributed by atoms with Crippen molar-refractivity contribution in [3.05, 3.63) is 29.1 Å².